The monoisotopic (exact) mass is 742 g/mol. The number of aliphatic carboxylic acids is 1. The summed E-state index contributed by atoms with van der Waals surface area (Å²) in [6, 6.07) is 14.4. The number of benzene rings is 2. The summed E-state index contributed by atoms with van der Waals surface area (Å²) < 4.78 is 14.7. The van der Waals surface area contributed by atoms with Crippen LogP contribution in [0.5, 0.6) is 5.75 Å². The predicted molar refractivity (Wildman–Crippen MR) is 203 cm³/mol. The predicted octanol–water partition coefficient (Wildman–Crippen LogP) is 4.70. The van der Waals surface area contributed by atoms with Crippen LogP contribution < -0.4 is 10.5 Å². The lowest BCUT2D eigenvalue weighted by Crippen LogP contribution is -2.75. The number of carboxylic acids is 1. The van der Waals surface area contributed by atoms with E-state index in [9.17, 15) is 24.3 Å². The van der Waals surface area contributed by atoms with Crippen LogP contribution in [0.25, 0.3) is 11.1 Å². The summed E-state index contributed by atoms with van der Waals surface area (Å²) in [5, 5.41) is 10.2. The Morgan fingerprint density at radius 2 is 1.64 bits per heavy atom. The zero-order valence-corrected chi connectivity index (χ0v) is 32.7. The summed E-state index contributed by atoms with van der Waals surface area (Å²) in [5.74, 6) is -1.49. The Morgan fingerprint density at radius 3 is 2.26 bits per heavy atom. The number of carboxylic acid groups (broad SMARTS) is 1. The Hall–Kier alpha value is -4.10. The van der Waals surface area contributed by atoms with Gasteiger partial charge >= 0.3 is 5.97 Å². The van der Waals surface area contributed by atoms with Gasteiger partial charge in [0.1, 0.15) is 63.9 Å². The highest BCUT2D eigenvalue weighted by Crippen LogP contribution is 2.49. The lowest BCUT2D eigenvalue weighted by molar-refractivity contribution is -1.08. The Bertz CT molecular complexity index is 1890. The molecule has 12 heteroatoms. The summed E-state index contributed by atoms with van der Waals surface area (Å²) in [6.07, 6.45) is 3.31. The van der Waals surface area contributed by atoms with Crippen LogP contribution in [0, 0.1) is 11.8 Å². The smallest absolute Gasteiger partial charge is 0.352 e. The molecule has 2 aromatic rings. The third-order valence-corrected chi connectivity index (χ3v) is 18.2. The van der Waals surface area contributed by atoms with Crippen molar-refractivity contribution in [3.05, 3.63) is 76.5 Å². The van der Waals surface area contributed by atoms with Crippen molar-refractivity contribution >= 4 is 31.9 Å². The average molecular weight is 743 g/mol. The fraction of sp³-hybridized carbons (Fsp3) is 0.512. The maximum Gasteiger partial charge on any atom is 0.352 e. The third-order valence-electron chi connectivity index (χ3n) is 13.4. The summed E-state index contributed by atoms with van der Waals surface area (Å²) in [5.41, 5.74) is 10.3. The van der Waals surface area contributed by atoms with Crippen LogP contribution in [0.2, 0.25) is 18.1 Å². The SMILES string of the molecule is CC[Si](CC)(CC)O[C@H](C)[C@H]1C(=O)N2C(C(=O)O)=C(/C=C/COc3cccc4c3-c3ccc(C[N+]56CC[N+](CC(N)=O)(CC5)CC6)cc3C4=O)[C@H](C)[C@H]12. The second kappa shape index (κ2) is 14.0. The molecule has 0 aromatic heterocycles. The van der Waals surface area contributed by atoms with Crippen LogP contribution in [0.4, 0.5) is 0 Å². The molecule has 1 aliphatic carbocycles. The largest absolute Gasteiger partial charge is 0.489 e. The molecule has 8 rings (SSSR count). The zero-order valence-electron chi connectivity index (χ0n) is 31.7. The van der Waals surface area contributed by atoms with Gasteiger partial charge in [-0.2, -0.15) is 0 Å². The second-order valence-corrected chi connectivity index (χ2v) is 20.8. The van der Waals surface area contributed by atoms with Gasteiger partial charge < -0.3 is 33.9 Å². The Morgan fingerprint density at radius 1 is 0.981 bits per heavy atom. The topological polar surface area (TPSA) is 136 Å². The van der Waals surface area contributed by atoms with E-state index in [2.05, 4.69) is 26.8 Å². The molecule has 5 heterocycles. The minimum atomic E-state index is -1.96. The molecular weight excluding hydrogens is 689 g/mol. The van der Waals surface area contributed by atoms with Crippen molar-refractivity contribution in [3.63, 3.8) is 0 Å². The molecule has 2 aromatic carbocycles. The number of fused-ring (bicyclic) bond motifs is 7. The van der Waals surface area contributed by atoms with Gasteiger partial charge in [0.25, 0.3) is 5.91 Å². The molecule has 2 bridgehead atoms. The van der Waals surface area contributed by atoms with Gasteiger partial charge in [0, 0.05) is 28.2 Å². The first-order valence-electron chi connectivity index (χ1n) is 19.4. The lowest BCUT2D eigenvalue weighted by atomic mass is 9.77. The van der Waals surface area contributed by atoms with Gasteiger partial charge in [-0.15, -0.1) is 0 Å². The van der Waals surface area contributed by atoms with Crippen molar-refractivity contribution in [2.75, 3.05) is 52.4 Å². The molecule has 0 radical (unpaired) electrons. The average Bonchev–Trinajstić information content (AvgIpc) is 3.57. The Labute approximate surface area is 313 Å². The molecule has 0 saturated carbocycles. The molecule has 3 N–H and O–H groups in total. The Kier molecular flexibility index (Phi) is 9.80. The van der Waals surface area contributed by atoms with Crippen LogP contribution in [0.1, 0.15) is 56.1 Å². The number of primary amides is 1. The number of ether oxygens (including phenoxy) is 1. The number of nitrogens with two attached hydrogens (primary N) is 1. The number of rotatable bonds is 15. The highest BCUT2D eigenvalue weighted by Gasteiger charge is 2.60. The summed E-state index contributed by atoms with van der Waals surface area (Å²) >= 11 is 0. The van der Waals surface area contributed by atoms with Crippen LogP contribution >= 0.6 is 0 Å². The molecule has 11 nitrogen and oxygen atoms in total. The van der Waals surface area contributed by atoms with Crippen LogP contribution in [-0.2, 0) is 25.4 Å². The first kappa shape index (κ1) is 37.2. The maximum absolute atomic E-state index is 13.7. The van der Waals surface area contributed by atoms with Crippen molar-refractivity contribution < 1.29 is 42.4 Å². The quantitative estimate of drug-likeness (QED) is 0.131. The van der Waals surface area contributed by atoms with Gasteiger partial charge in [-0.1, -0.05) is 58.0 Å². The molecule has 5 aliphatic heterocycles. The van der Waals surface area contributed by atoms with Crippen LogP contribution in [0.3, 0.4) is 0 Å². The lowest BCUT2D eigenvalue weighted by Gasteiger charge is -2.55. The van der Waals surface area contributed by atoms with Gasteiger partial charge in [-0.25, -0.2) is 4.79 Å². The van der Waals surface area contributed by atoms with Crippen molar-refractivity contribution in [2.45, 2.75) is 71.4 Å². The van der Waals surface area contributed by atoms with E-state index in [4.69, 9.17) is 14.9 Å². The van der Waals surface area contributed by atoms with Crippen molar-refractivity contribution in [1.82, 2.24) is 4.90 Å². The van der Waals surface area contributed by atoms with Crippen LogP contribution in [0.15, 0.2) is 59.8 Å². The van der Waals surface area contributed by atoms with Gasteiger partial charge in [-0.3, -0.25) is 14.4 Å². The number of nitrogens with zero attached hydrogens (tertiary/aromatic N) is 3. The number of carbonyl (C=O) groups excluding carboxylic acids is 3. The Balaban J connectivity index is 1.04. The molecule has 282 valence electrons. The van der Waals surface area contributed by atoms with Crippen molar-refractivity contribution in [2.24, 2.45) is 17.6 Å². The van der Waals surface area contributed by atoms with E-state index < -0.39 is 14.3 Å². The zero-order chi connectivity index (χ0) is 37.9. The van der Waals surface area contributed by atoms with Gasteiger partial charge in [-0.05, 0) is 54.4 Å². The molecule has 4 fully saturated rings. The summed E-state index contributed by atoms with van der Waals surface area (Å²) in [6.45, 7) is 17.7. The number of piperazine rings is 3. The number of β-lactam (4-membered cyclic amide) rings is 1. The minimum absolute atomic E-state index is 0.0121. The molecule has 4 atom stereocenters. The minimum Gasteiger partial charge on any atom is -0.489 e. The molecule has 0 unspecified atom stereocenters. The van der Waals surface area contributed by atoms with E-state index in [1.165, 1.54) is 4.90 Å². The summed E-state index contributed by atoms with van der Waals surface area (Å²) in [4.78, 5) is 52.8. The highest BCUT2D eigenvalue weighted by atomic mass is 28.4. The van der Waals surface area contributed by atoms with E-state index >= 15 is 0 Å². The van der Waals surface area contributed by atoms with E-state index in [1.54, 1.807) is 12.2 Å². The summed E-state index contributed by atoms with van der Waals surface area (Å²) in [7, 11) is -1.96. The van der Waals surface area contributed by atoms with Gasteiger partial charge in [0.15, 0.2) is 20.6 Å². The molecule has 4 saturated heterocycles. The fourth-order valence-electron chi connectivity index (χ4n) is 10.1. The van der Waals surface area contributed by atoms with Gasteiger partial charge in [0.05, 0.1) is 18.1 Å². The molecule has 2 amide bonds. The van der Waals surface area contributed by atoms with E-state index in [-0.39, 0.29) is 53.9 Å². The molecular formula is C41H54N4O7Si+2. The molecule has 0 spiro atoms. The first-order chi connectivity index (χ1) is 25.3. The highest BCUT2D eigenvalue weighted by molar-refractivity contribution is 6.73. The number of allylic oxidation sites excluding steroid dienone is 1. The van der Waals surface area contributed by atoms with Gasteiger partial charge in [0.2, 0.25) is 5.91 Å². The van der Waals surface area contributed by atoms with E-state index in [0.717, 1.165) is 89.6 Å². The van der Waals surface area contributed by atoms with Crippen LogP contribution in [-0.4, -0.2) is 115 Å². The maximum atomic E-state index is 13.7. The molecule has 6 aliphatic rings. The number of hydrogen-bond acceptors (Lipinski definition) is 6. The number of hydrogen-bond donors (Lipinski definition) is 2. The van der Waals surface area contributed by atoms with Crippen molar-refractivity contribution in [1.29, 1.82) is 0 Å². The van der Waals surface area contributed by atoms with E-state index in [0.29, 0.717) is 29.0 Å². The standard InChI is InChI=1S/C41H52N4O7Si/c1-6-53(7-2,8-3)52-27(5)35-37-26(4)29(38(41(49)50)43(37)40(35)48)12-10-22-51-33-13-9-11-31-36(33)30-15-14-28(23-32(30)39(31)47)24-44-16-19-45(20-17-44,21-18-44)25-34(42)46/h9-15,23,26-27,35,37H,6-8,16-22,24-25H2,1-5H3,(H-2,42,46,49,50)/p+2/b12-10+/t26-,27+,35+,37+,44?,45?/m0/s1. The number of ketones is 1. The third kappa shape index (κ3) is 6.27. The number of quaternary nitrogens is 2. The molecule has 53 heavy (non-hydrogen) atoms. The van der Waals surface area contributed by atoms with E-state index in [1.807, 2.05) is 44.2 Å². The normalized spacial score (nSPS) is 27.9. The fourth-order valence-corrected chi connectivity index (χ4v) is 13.0. The number of carbonyl (C=O) groups is 4. The number of amides is 2. The second-order valence-electron chi connectivity index (χ2n) is 16.1. The van der Waals surface area contributed by atoms with Crippen molar-refractivity contribution in [3.8, 4) is 16.9 Å². The first-order valence-corrected chi connectivity index (χ1v) is 21.9.